The number of carbonyl (C=O) groups is 1. The van der Waals surface area contributed by atoms with Crippen molar-refractivity contribution in [3.63, 3.8) is 0 Å². The zero-order valence-electron chi connectivity index (χ0n) is 10.5. The SMILES string of the molecule is CC(S)C(=O)[C@@H](Nc1nc(N)n(C)n1)C(C)C. The maximum Gasteiger partial charge on any atom is 0.244 e. The van der Waals surface area contributed by atoms with E-state index in [2.05, 4.69) is 28.0 Å². The molecule has 3 N–H and O–H groups in total. The standard InChI is InChI=1S/C10H19N5OS/c1-5(2)7(8(16)6(3)17)12-10-13-9(11)15(4)14-10/h5-7,17H,1-4H3,(H3,11,12,13,14)/t6?,7-/m0/s1. The number of nitrogens with two attached hydrogens (primary N) is 1. The van der Waals surface area contributed by atoms with Gasteiger partial charge in [0, 0.05) is 7.05 Å². The molecule has 2 atom stereocenters. The largest absolute Gasteiger partial charge is 0.368 e. The molecule has 0 radical (unpaired) electrons. The smallest absolute Gasteiger partial charge is 0.244 e. The summed E-state index contributed by atoms with van der Waals surface area (Å²) in [5.41, 5.74) is 5.58. The molecule has 0 bridgehead atoms. The maximum atomic E-state index is 11.9. The number of anilines is 2. The van der Waals surface area contributed by atoms with Gasteiger partial charge in [-0.05, 0) is 12.8 Å². The Morgan fingerprint density at radius 2 is 2.06 bits per heavy atom. The Morgan fingerprint density at radius 3 is 2.41 bits per heavy atom. The molecule has 0 saturated carbocycles. The minimum atomic E-state index is -0.357. The van der Waals surface area contributed by atoms with Crippen molar-refractivity contribution in [3.8, 4) is 0 Å². The van der Waals surface area contributed by atoms with E-state index in [1.807, 2.05) is 13.8 Å². The van der Waals surface area contributed by atoms with Gasteiger partial charge in [-0.15, -0.1) is 5.10 Å². The average Bonchev–Trinajstić information content (AvgIpc) is 2.53. The number of nitrogen functional groups attached to an aromatic ring is 1. The highest BCUT2D eigenvalue weighted by molar-refractivity contribution is 7.81. The summed E-state index contributed by atoms with van der Waals surface area (Å²) < 4.78 is 1.45. The number of Topliss-reactive ketones (excluding diaryl/α,β-unsaturated/α-hetero) is 1. The first kappa shape index (κ1) is 13.8. The minimum absolute atomic E-state index is 0.0226. The Balaban J connectivity index is 2.84. The molecule has 1 rings (SSSR count). The van der Waals surface area contributed by atoms with Crippen molar-refractivity contribution >= 4 is 30.3 Å². The van der Waals surface area contributed by atoms with E-state index in [1.54, 1.807) is 14.0 Å². The Hall–Kier alpha value is -1.24. The van der Waals surface area contributed by atoms with Crippen LogP contribution in [0.5, 0.6) is 0 Å². The molecular formula is C10H19N5OS. The molecule has 96 valence electrons. The van der Waals surface area contributed by atoms with Gasteiger partial charge in [-0.1, -0.05) is 13.8 Å². The molecule has 0 aliphatic carbocycles. The lowest BCUT2D eigenvalue weighted by Crippen LogP contribution is -2.38. The molecule has 7 heteroatoms. The average molecular weight is 257 g/mol. The predicted molar refractivity (Wildman–Crippen MR) is 71.1 cm³/mol. The van der Waals surface area contributed by atoms with Gasteiger partial charge in [0.25, 0.3) is 0 Å². The fraction of sp³-hybridized carbons (Fsp3) is 0.700. The van der Waals surface area contributed by atoms with Crippen LogP contribution >= 0.6 is 12.6 Å². The first-order valence-corrected chi connectivity index (χ1v) is 5.99. The molecule has 0 fully saturated rings. The van der Waals surface area contributed by atoms with E-state index in [4.69, 9.17) is 5.73 Å². The molecule has 17 heavy (non-hydrogen) atoms. The zero-order valence-corrected chi connectivity index (χ0v) is 11.4. The summed E-state index contributed by atoms with van der Waals surface area (Å²) in [6.07, 6.45) is 0. The maximum absolute atomic E-state index is 11.9. The van der Waals surface area contributed by atoms with Gasteiger partial charge in [-0.25, -0.2) is 4.68 Å². The summed E-state index contributed by atoms with van der Waals surface area (Å²) in [6.45, 7) is 5.67. The zero-order chi connectivity index (χ0) is 13.2. The second-order valence-electron chi connectivity index (χ2n) is 4.36. The van der Waals surface area contributed by atoms with Gasteiger partial charge in [-0.2, -0.15) is 17.6 Å². The minimum Gasteiger partial charge on any atom is -0.368 e. The third kappa shape index (κ3) is 3.36. The first-order chi connectivity index (χ1) is 7.82. The Bertz CT molecular complexity index is 382. The van der Waals surface area contributed by atoms with Crippen LogP contribution in [0.15, 0.2) is 0 Å². The van der Waals surface area contributed by atoms with E-state index in [0.717, 1.165) is 0 Å². The van der Waals surface area contributed by atoms with Crippen molar-refractivity contribution in [3.05, 3.63) is 0 Å². The molecule has 0 aromatic carbocycles. The van der Waals surface area contributed by atoms with Crippen molar-refractivity contribution < 1.29 is 4.79 Å². The van der Waals surface area contributed by atoms with Crippen molar-refractivity contribution in [2.75, 3.05) is 11.1 Å². The summed E-state index contributed by atoms with van der Waals surface area (Å²) in [5, 5.41) is 6.74. The molecule has 1 heterocycles. The summed E-state index contributed by atoms with van der Waals surface area (Å²) in [6, 6.07) is -0.357. The molecule has 6 nitrogen and oxygen atoms in total. The number of thiol groups is 1. The predicted octanol–water partition coefficient (Wildman–Crippen LogP) is 0.721. The topological polar surface area (TPSA) is 85.8 Å². The Morgan fingerprint density at radius 1 is 1.47 bits per heavy atom. The van der Waals surface area contributed by atoms with E-state index < -0.39 is 0 Å². The summed E-state index contributed by atoms with van der Waals surface area (Å²) in [7, 11) is 1.70. The molecule has 0 amide bonds. The first-order valence-electron chi connectivity index (χ1n) is 5.47. The van der Waals surface area contributed by atoms with E-state index in [-0.39, 0.29) is 23.0 Å². The molecular weight excluding hydrogens is 238 g/mol. The van der Waals surface area contributed by atoms with Crippen molar-refractivity contribution in [2.24, 2.45) is 13.0 Å². The number of nitrogens with zero attached hydrogens (tertiary/aromatic N) is 3. The van der Waals surface area contributed by atoms with Crippen LogP contribution in [0, 0.1) is 5.92 Å². The fourth-order valence-electron chi connectivity index (χ4n) is 1.42. The van der Waals surface area contributed by atoms with Crippen molar-refractivity contribution in [1.82, 2.24) is 14.8 Å². The van der Waals surface area contributed by atoms with Gasteiger partial charge in [0.15, 0.2) is 5.78 Å². The quantitative estimate of drug-likeness (QED) is 0.677. The number of ketones is 1. The van der Waals surface area contributed by atoms with Crippen LogP contribution in [0.2, 0.25) is 0 Å². The number of hydrogen-bond acceptors (Lipinski definition) is 6. The second kappa shape index (κ2) is 5.39. The summed E-state index contributed by atoms with van der Waals surface area (Å²) >= 11 is 4.16. The number of aromatic nitrogens is 3. The molecule has 1 aromatic rings. The third-order valence-electron chi connectivity index (χ3n) is 2.47. The van der Waals surface area contributed by atoms with Crippen molar-refractivity contribution in [2.45, 2.75) is 32.1 Å². The highest BCUT2D eigenvalue weighted by atomic mass is 32.1. The normalized spacial score (nSPS) is 14.7. The number of rotatable bonds is 5. The van der Waals surface area contributed by atoms with Gasteiger partial charge < -0.3 is 11.1 Å². The van der Waals surface area contributed by atoms with E-state index in [1.165, 1.54) is 4.68 Å². The lowest BCUT2D eigenvalue weighted by Gasteiger charge is -2.21. The molecule has 1 aromatic heterocycles. The van der Waals surface area contributed by atoms with Crippen LogP contribution in [0.4, 0.5) is 11.9 Å². The van der Waals surface area contributed by atoms with Crippen LogP contribution in [0.3, 0.4) is 0 Å². The molecule has 0 saturated heterocycles. The van der Waals surface area contributed by atoms with Gasteiger partial charge in [-0.3, -0.25) is 4.79 Å². The van der Waals surface area contributed by atoms with Crippen LogP contribution < -0.4 is 11.1 Å². The van der Waals surface area contributed by atoms with Gasteiger partial charge >= 0.3 is 0 Å². The highest BCUT2D eigenvalue weighted by Crippen LogP contribution is 2.14. The Kier molecular flexibility index (Phi) is 4.39. The number of nitrogens with one attached hydrogen (secondary N) is 1. The fourth-order valence-corrected chi connectivity index (χ4v) is 1.58. The molecule has 0 spiro atoms. The van der Waals surface area contributed by atoms with Crippen LogP contribution in [0.1, 0.15) is 20.8 Å². The summed E-state index contributed by atoms with van der Waals surface area (Å²) in [5.74, 6) is 0.823. The van der Waals surface area contributed by atoms with Crippen LogP contribution in [0.25, 0.3) is 0 Å². The lowest BCUT2D eigenvalue weighted by atomic mass is 9.98. The van der Waals surface area contributed by atoms with Gasteiger partial charge in [0.2, 0.25) is 11.9 Å². The van der Waals surface area contributed by atoms with Gasteiger partial charge in [0.1, 0.15) is 0 Å². The third-order valence-corrected chi connectivity index (χ3v) is 2.72. The molecule has 0 aliphatic heterocycles. The van der Waals surface area contributed by atoms with E-state index in [0.29, 0.717) is 11.9 Å². The highest BCUT2D eigenvalue weighted by Gasteiger charge is 2.26. The van der Waals surface area contributed by atoms with Gasteiger partial charge in [0.05, 0.1) is 11.3 Å². The summed E-state index contributed by atoms with van der Waals surface area (Å²) in [4.78, 5) is 16.0. The molecule has 0 aliphatic rings. The van der Waals surface area contributed by atoms with Crippen molar-refractivity contribution in [1.29, 1.82) is 0 Å². The lowest BCUT2D eigenvalue weighted by molar-refractivity contribution is -0.119. The monoisotopic (exact) mass is 257 g/mol. The van der Waals surface area contributed by atoms with E-state index in [9.17, 15) is 4.79 Å². The second-order valence-corrected chi connectivity index (χ2v) is 5.14. The molecule has 1 unspecified atom stereocenters. The number of hydrogen-bond donors (Lipinski definition) is 3. The van der Waals surface area contributed by atoms with E-state index >= 15 is 0 Å². The number of carbonyl (C=O) groups excluding carboxylic acids is 1. The van der Waals surface area contributed by atoms with Crippen LogP contribution in [-0.2, 0) is 11.8 Å². The number of aryl methyl sites for hydroxylation is 1. The Labute approximate surface area is 106 Å². The van der Waals surface area contributed by atoms with Crippen LogP contribution in [-0.4, -0.2) is 31.8 Å².